The average molecular weight is 212 g/mol. The van der Waals surface area contributed by atoms with Gasteiger partial charge >= 0.3 is 5.97 Å². The van der Waals surface area contributed by atoms with E-state index in [9.17, 15) is 9.18 Å². The second kappa shape index (κ2) is 3.94. The summed E-state index contributed by atoms with van der Waals surface area (Å²) >= 11 is 0. The number of carbonyl (C=O) groups is 1. The highest BCUT2D eigenvalue weighted by atomic mass is 19.1. The van der Waals surface area contributed by atoms with Gasteiger partial charge in [-0.3, -0.25) is 9.78 Å². The van der Waals surface area contributed by atoms with Crippen LogP contribution in [0, 0.1) is 5.82 Å². The second-order valence-electron chi connectivity index (χ2n) is 3.93. The summed E-state index contributed by atoms with van der Waals surface area (Å²) in [5.74, 6) is -1.62. The van der Waals surface area contributed by atoms with E-state index in [4.69, 9.17) is 10.8 Å². The lowest BCUT2D eigenvalue weighted by molar-refractivity contribution is -0.140. The Morgan fingerprint density at radius 1 is 1.60 bits per heavy atom. The fourth-order valence-corrected chi connectivity index (χ4v) is 1.25. The van der Waals surface area contributed by atoms with E-state index in [1.165, 1.54) is 12.3 Å². The minimum absolute atomic E-state index is 0.470. The normalized spacial score (nSPS) is 13.6. The molecule has 3 N–H and O–H groups in total. The van der Waals surface area contributed by atoms with Crippen molar-refractivity contribution in [3.8, 4) is 0 Å². The van der Waals surface area contributed by atoms with Crippen molar-refractivity contribution in [3.63, 3.8) is 0 Å². The maximum absolute atomic E-state index is 12.9. The molecule has 0 bridgehead atoms. The summed E-state index contributed by atoms with van der Waals surface area (Å²) in [6.45, 7) is 3.28. The number of halogens is 1. The molecule has 0 amide bonds. The third-order valence-electron chi connectivity index (χ3n) is 2.49. The Labute approximate surface area is 86.9 Å². The molecule has 1 rings (SSSR count). The minimum Gasteiger partial charge on any atom is -0.480 e. The molecule has 1 unspecified atom stereocenters. The van der Waals surface area contributed by atoms with Crippen molar-refractivity contribution in [2.45, 2.75) is 25.3 Å². The Morgan fingerprint density at radius 3 is 2.67 bits per heavy atom. The summed E-state index contributed by atoms with van der Waals surface area (Å²) in [6.07, 6.45) is 2.48. The van der Waals surface area contributed by atoms with Gasteiger partial charge in [-0.05, 0) is 11.6 Å². The van der Waals surface area contributed by atoms with Gasteiger partial charge < -0.3 is 10.8 Å². The fraction of sp³-hybridized carbons (Fsp3) is 0.400. The molecule has 0 fully saturated rings. The third kappa shape index (κ3) is 2.30. The van der Waals surface area contributed by atoms with Gasteiger partial charge in [0.1, 0.15) is 11.9 Å². The van der Waals surface area contributed by atoms with Crippen LogP contribution in [0.2, 0.25) is 0 Å². The van der Waals surface area contributed by atoms with Crippen LogP contribution in [0.5, 0.6) is 0 Å². The van der Waals surface area contributed by atoms with Gasteiger partial charge in [0.25, 0.3) is 0 Å². The van der Waals surface area contributed by atoms with Crippen LogP contribution in [0.4, 0.5) is 4.39 Å². The summed E-state index contributed by atoms with van der Waals surface area (Å²) < 4.78 is 12.9. The monoisotopic (exact) mass is 212 g/mol. The molecular weight excluding hydrogens is 199 g/mol. The molecule has 0 aromatic carbocycles. The number of nitrogens with zero attached hydrogens (tertiary/aromatic N) is 1. The number of aliphatic carboxylic acids is 1. The summed E-state index contributed by atoms with van der Waals surface area (Å²) in [4.78, 5) is 14.4. The maximum Gasteiger partial charge on any atom is 0.321 e. The van der Waals surface area contributed by atoms with Gasteiger partial charge in [-0.1, -0.05) is 13.8 Å². The quantitative estimate of drug-likeness (QED) is 0.780. The molecule has 1 aromatic rings. The first kappa shape index (κ1) is 11.6. The summed E-state index contributed by atoms with van der Waals surface area (Å²) in [6, 6.07) is 0.150. The third-order valence-corrected chi connectivity index (χ3v) is 2.49. The van der Waals surface area contributed by atoms with Crippen molar-refractivity contribution in [3.05, 3.63) is 29.8 Å². The zero-order chi connectivity index (χ0) is 11.6. The van der Waals surface area contributed by atoms with E-state index in [1.807, 2.05) is 0 Å². The van der Waals surface area contributed by atoms with Crippen molar-refractivity contribution in [2.24, 2.45) is 5.73 Å². The molecule has 0 saturated carbocycles. The summed E-state index contributed by atoms with van der Waals surface area (Å²) in [7, 11) is 0. The molecule has 5 heteroatoms. The van der Waals surface area contributed by atoms with Gasteiger partial charge in [0, 0.05) is 11.6 Å². The first-order valence-corrected chi connectivity index (χ1v) is 4.45. The SMILES string of the molecule is CC(C)(c1cncc(F)c1)C(N)C(=O)O. The number of carboxylic acid groups (broad SMARTS) is 1. The molecule has 0 aliphatic rings. The molecule has 82 valence electrons. The van der Waals surface area contributed by atoms with Crippen LogP contribution in [0.25, 0.3) is 0 Å². The first-order chi connectivity index (χ1) is 6.85. The molecule has 1 aromatic heterocycles. The zero-order valence-corrected chi connectivity index (χ0v) is 8.57. The Bertz CT molecular complexity index is 379. The zero-order valence-electron chi connectivity index (χ0n) is 8.57. The summed E-state index contributed by atoms with van der Waals surface area (Å²) in [5.41, 5.74) is 5.14. The highest BCUT2D eigenvalue weighted by molar-refractivity contribution is 5.75. The number of hydrogen-bond donors (Lipinski definition) is 2. The molecular formula is C10H13FN2O2. The molecule has 0 aliphatic heterocycles. The van der Waals surface area contributed by atoms with Crippen LogP contribution in [0.15, 0.2) is 18.5 Å². The number of hydrogen-bond acceptors (Lipinski definition) is 3. The highest BCUT2D eigenvalue weighted by Crippen LogP contribution is 2.25. The first-order valence-electron chi connectivity index (χ1n) is 4.45. The molecule has 4 nitrogen and oxygen atoms in total. The molecule has 0 aliphatic carbocycles. The lowest BCUT2D eigenvalue weighted by Gasteiger charge is -2.28. The maximum atomic E-state index is 12.9. The van der Waals surface area contributed by atoms with Crippen molar-refractivity contribution in [2.75, 3.05) is 0 Å². The summed E-state index contributed by atoms with van der Waals surface area (Å²) in [5, 5.41) is 8.81. The molecule has 0 spiro atoms. The van der Waals surface area contributed by atoms with E-state index >= 15 is 0 Å². The minimum atomic E-state index is -1.12. The Kier molecular flexibility index (Phi) is 3.04. The van der Waals surface area contributed by atoms with E-state index in [1.54, 1.807) is 13.8 Å². The van der Waals surface area contributed by atoms with Crippen molar-refractivity contribution < 1.29 is 14.3 Å². The number of aromatic nitrogens is 1. The number of rotatable bonds is 3. The molecule has 0 saturated heterocycles. The van der Waals surface area contributed by atoms with Gasteiger partial charge in [-0.15, -0.1) is 0 Å². The van der Waals surface area contributed by atoms with Crippen molar-refractivity contribution in [1.29, 1.82) is 0 Å². The second-order valence-corrected chi connectivity index (χ2v) is 3.93. The van der Waals surface area contributed by atoms with E-state index in [-0.39, 0.29) is 0 Å². The number of nitrogens with two attached hydrogens (primary N) is 1. The van der Waals surface area contributed by atoms with Gasteiger partial charge in [-0.25, -0.2) is 4.39 Å². The lowest BCUT2D eigenvalue weighted by atomic mass is 9.79. The van der Waals surface area contributed by atoms with E-state index in [0.29, 0.717) is 5.56 Å². The molecule has 1 heterocycles. The standard InChI is InChI=1S/C10H13FN2O2/c1-10(2,8(12)9(14)15)6-3-7(11)5-13-4-6/h3-5,8H,12H2,1-2H3,(H,14,15). The van der Waals surface area contributed by atoms with Crippen LogP contribution in [0.3, 0.4) is 0 Å². The largest absolute Gasteiger partial charge is 0.480 e. The van der Waals surface area contributed by atoms with Crippen LogP contribution in [-0.2, 0) is 10.2 Å². The van der Waals surface area contributed by atoms with E-state index in [0.717, 1.165) is 6.20 Å². The molecule has 1 atom stereocenters. The van der Waals surface area contributed by atoms with Gasteiger partial charge in [0.15, 0.2) is 0 Å². The van der Waals surface area contributed by atoms with E-state index < -0.39 is 23.2 Å². The van der Waals surface area contributed by atoms with Gasteiger partial charge in [-0.2, -0.15) is 0 Å². The smallest absolute Gasteiger partial charge is 0.321 e. The Balaban J connectivity index is 3.10. The van der Waals surface area contributed by atoms with Crippen LogP contribution in [-0.4, -0.2) is 22.1 Å². The van der Waals surface area contributed by atoms with Crippen LogP contribution < -0.4 is 5.73 Å². The van der Waals surface area contributed by atoms with E-state index in [2.05, 4.69) is 4.98 Å². The van der Waals surface area contributed by atoms with Crippen molar-refractivity contribution >= 4 is 5.97 Å². The fourth-order valence-electron chi connectivity index (χ4n) is 1.25. The van der Waals surface area contributed by atoms with Gasteiger partial charge in [0.05, 0.1) is 6.20 Å². The van der Waals surface area contributed by atoms with Crippen molar-refractivity contribution in [1.82, 2.24) is 4.98 Å². The Hall–Kier alpha value is -1.49. The number of carboxylic acids is 1. The predicted molar refractivity (Wildman–Crippen MR) is 52.8 cm³/mol. The predicted octanol–water partition coefficient (Wildman–Crippen LogP) is 0.910. The lowest BCUT2D eigenvalue weighted by Crippen LogP contribution is -2.46. The van der Waals surface area contributed by atoms with Crippen LogP contribution >= 0.6 is 0 Å². The van der Waals surface area contributed by atoms with Crippen LogP contribution in [0.1, 0.15) is 19.4 Å². The molecule has 15 heavy (non-hydrogen) atoms. The molecule has 0 radical (unpaired) electrons. The number of pyridine rings is 1. The Morgan fingerprint density at radius 2 is 2.20 bits per heavy atom. The average Bonchev–Trinajstić information content (AvgIpc) is 2.16. The highest BCUT2D eigenvalue weighted by Gasteiger charge is 2.34. The van der Waals surface area contributed by atoms with Gasteiger partial charge in [0.2, 0.25) is 0 Å². The topological polar surface area (TPSA) is 76.2 Å².